The van der Waals surface area contributed by atoms with Crippen LogP contribution in [0, 0.1) is 0 Å². The largest absolute Gasteiger partial charge is 0.308 e. The smallest absolute Gasteiger partial charge is 0.175 e. The Labute approximate surface area is 97.8 Å². The predicted molar refractivity (Wildman–Crippen MR) is 66.1 cm³/mol. The molecule has 0 unspecified atom stereocenters. The standard InChI is InChI=1S/C12H19NO2S/c1-12(2,3)13-9-10-7-5-6-8-11(10)16(4,14)15/h5-8,13H,9H2,1-4H3. The summed E-state index contributed by atoms with van der Waals surface area (Å²) in [5.74, 6) is 0. The Balaban J connectivity index is 2.97. The quantitative estimate of drug-likeness (QED) is 0.880. The van der Waals surface area contributed by atoms with Crippen LogP contribution in [0.25, 0.3) is 0 Å². The number of rotatable bonds is 3. The van der Waals surface area contributed by atoms with Crippen LogP contribution in [0.1, 0.15) is 26.3 Å². The molecule has 0 amide bonds. The molecule has 0 bridgehead atoms. The van der Waals surface area contributed by atoms with Crippen LogP contribution in [0.4, 0.5) is 0 Å². The molecule has 90 valence electrons. The number of sulfone groups is 1. The summed E-state index contributed by atoms with van der Waals surface area (Å²) in [5.41, 5.74) is 0.796. The summed E-state index contributed by atoms with van der Waals surface area (Å²) in [5, 5.41) is 3.29. The Bertz CT molecular complexity index is 458. The third kappa shape index (κ3) is 3.94. The molecule has 0 saturated heterocycles. The molecule has 0 aliphatic heterocycles. The summed E-state index contributed by atoms with van der Waals surface area (Å²) in [6, 6.07) is 7.09. The molecule has 0 aliphatic rings. The second-order valence-corrected chi connectivity index (χ2v) is 6.97. The fraction of sp³-hybridized carbons (Fsp3) is 0.500. The van der Waals surface area contributed by atoms with Crippen LogP contribution in [0.2, 0.25) is 0 Å². The van der Waals surface area contributed by atoms with Gasteiger partial charge in [-0.25, -0.2) is 8.42 Å². The van der Waals surface area contributed by atoms with Gasteiger partial charge in [-0.2, -0.15) is 0 Å². The molecule has 0 heterocycles. The van der Waals surface area contributed by atoms with Crippen LogP contribution in [-0.2, 0) is 16.4 Å². The number of nitrogens with one attached hydrogen (secondary N) is 1. The van der Waals surface area contributed by atoms with E-state index in [2.05, 4.69) is 26.1 Å². The van der Waals surface area contributed by atoms with Crippen molar-refractivity contribution in [1.82, 2.24) is 5.32 Å². The zero-order valence-corrected chi connectivity index (χ0v) is 11.1. The van der Waals surface area contributed by atoms with Gasteiger partial charge in [-0.15, -0.1) is 0 Å². The molecule has 0 spiro atoms. The Morgan fingerprint density at radius 2 is 1.75 bits per heavy atom. The molecule has 3 nitrogen and oxygen atoms in total. The molecule has 0 atom stereocenters. The van der Waals surface area contributed by atoms with Crippen molar-refractivity contribution in [3.05, 3.63) is 29.8 Å². The summed E-state index contributed by atoms with van der Waals surface area (Å²) in [7, 11) is -3.14. The fourth-order valence-electron chi connectivity index (χ4n) is 1.37. The van der Waals surface area contributed by atoms with Gasteiger partial charge in [0.05, 0.1) is 4.90 Å². The van der Waals surface area contributed by atoms with Crippen molar-refractivity contribution in [2.75, 3.05) is 6.26 Å². The first kappa shape index (κ1) is 13.2. The van der Waals surface area contributed by atoms with Gasteiger partial charge in [0.25, 0.3) is 0 Å². The van der Waals surface area contributed by atoms with Gasteiger partial charge in [-0.3, -0.25) is 0 Å². The van der Waals surface area contributed by atoms with Crippen molar-refractivity contribution in [3.8, 4) is 0 Å². The molecule has 1 aromatic carbocycles. The van der Waals surface area contributed by atoms with Gasteiger partial charge in [0, 0.05) is 18.3 Å². The Morgan fingerprint density at radius 3 is 2.25 bits per heavy atom. The van der Waals surface area contributed by atoms with Crippen molar-refractivity contribution in [2.45, 2.75) is 37.8 Å². The van der Waals surface area contributed by atoms with Gasteiger partial charge in [-0.1, -0.05) is 18.2 Å². The van der Waals surface area contributed by atoms with Crippen molar-refractivity contribution in [1.29, 1.82) is 0 Å². The summed E-state index contributed by atoms with van der Waals surface area (Å²) >= 11 is 0. The number of hydrogen-bond acceptors (Lipinski definition) is 3. The molecule has 0 fully saturated rings. The molecular formula is C12H19NO2S. The minimum Gasteiger partial charge on any atom is -0.308 e. The van der Waals surface area contributed by atoms with E-state index < -0.39 is 9.84 Å². The zero-order chi connectivity index (χ0) is 12.4. The Kier molecular flexibility index (Phi) is 3.76. The molecule has 1 aromatic rings. The average molecular weight is 241 g/mol. The van der Waals surface area contributed by atoms with Crippen LogP contribution in [0.3, 0.4) is 0 Å². The van der Waals surface area contributed by atoms with Gasteiger partial charge >= 0.3 is 0 Å². The summed E-state index contributed by atoms with van der Waals surface area (Å²) in [6.07, 6.45) is 1.24. The maximum Gasteiger partial charge on any atom is 0.175 e. The molecular weight excluding hydrogens is 222 g/mol. The molecule has 0 aromatic heterocycles. The number of benzene rings is 1. The van der Waals surface area contributed by atoms with E-state index in [1.54, 1.807) is 12.1 Å². The molecule has 1 rings (SSSR count). The fourth-order valence-corrected chi connectivity index (χ4v) is 2.31. The van der Waals surface area contributed by atoms with E-state index >= 15 is 0 Å². The van der Waals surface area contributed by atoms with Crippen LogP contribution < -0.4 is 5.32 Å². The van der Waals surface area contributed by atoms with Crippen LogP contribution in [0.5, 0.6) is 0 Å². The third-order valence-electron chi connectivity index (χ3n) is 2.18. The minimum absolute atomic E-state index is 0.0232. The van der Waals surface area contributed by atoms with Gasteiger partial charge in [-0.05, 0) is 32.4 Å². The predicted octanol–water partition coefficient (Wildman–Crippen LogP) is 1.98. The highest BCUT2D eigenvalue weighted by molar-refractivity contribution is 7.90. The summed E-state index contributed by atoms with van der Waals surface area (Å²) in [6.45, 7) is 6.72. The second-order valence-electron chi connectivity index (χ2n) is 4.98. The van der Waals surface area contributed by atoms with E-state index in [-0.39, 0.29) is 5.54 Å². The lowest BCUT2D eigenvalue weighted by Gasteiger charge is -2.21. The number of hydrogen-bond donors (Lipinski definition) is 1. The van der Waals surface area contributed by atoms with Gasteiger partial charge in [0.1, 0.15) is 0 Å². The van der Waals surface area contributed by atoms with Crippen LogP contribution in [-0.4, -0.2) is 20.2 Å². The Hall–Kier alpha value is -0.870. The summed E-state index contributed by atoms with van der Waals surface area (Å²) < 4.78 is 23.1. The first-order chi connectivity index (χ1) is 7.20. The highest BCUT2D eigenvalue weighted by atomic mass is 32.2. The van der Waals surface area contributed by atoms with Crippen LogP contribution >= 0.6 is 0 Å². The van der Waals surface area contributed by atoms with E-state index in [1.165, 1.54) is 6.26 Å². The van der Waals surface area contributed by atoms with Crippen LogP contribution in [0.15, 0.2) is 29.2 Å². The van der Waals surface area contributed by atoms with Crippen molar-refractivity contribution in [3.63, 3.8) is 0 Å². The minimum atomic E-state index is -3.14. The zero-order valence-electron chi connectivity index (χ0n) is 10.2. The average Bonchev–Trinajstić information content (AvgIpc) is 2.12. The SMILES string of the molecule is CC(C)(C)NCc1ccccc1S(C)(=O)=O. The van der Waals surface area contributed by atoms with E-state index in [4.69, 9.17) is 0 Å². The Morgan fingerprint density at radius 1 is 1.19 bits per heavy atom. The molecule has 0 radical (unpaired) electrons. The molecule has 0 saturated carbocycles. The first-order valence-electron chi connectivity index (χ1n) is 5.23. The summed E-state index contributed by atoms with van der Waals surface area (Å²) in [4.78, 5) is 0.409. The van der Waals surface area contributed by atoms with Crippen molar-refractivity contribution < 1.29 is 8.42 Å². The van der Waals surface area contributed by atoms with E-state index in [9.17, 15) is 8.42 Å². The molecule has 16 heavy (non-hydrogen) atoms. The van der Waals surface area contributed by atoms with Gasteiger partial charge in [0.2, 0.25) is 0 Å². The van der Waals surface area contributed by atoms with E-state index in [1.807, 2.05) is 12.1 Å². The highest BCUT2D eigenvalue weighted by Gasteiger charge is 2.14. The lowest BCUT2D eigenvalue weighted by molar-refractivity contribution is 0.422. The molecule has 4 heteroatoms. The van der Waals surface area contributed by atoms with E-state index in [0.717, 1.165) is 5.56 Å². The van der Waals surface area contributed by atoms with Gasteiger partial charge < -0.3 is 5.32 Å². The molecule has 0 aliphatic carbocycles. The van der Waals surface area contributed by atoms with Crippen molar-refractivity contribution in [2.24, 2.45) is 0 Å². The monoisotopic (exact) mass is 241 g/mol. The first-order valence-corrected chi connectivity index (χ1v) is 7.12. The van der Waals surface area contributed by atoms with E-state index in [0.29, 0.717) is 11.4 Å². The maximum atomic E-state index is 11.6. The second kappa shape index (κ2) is 4.55. The lowest BCUT2D eigenvalue weighted by Crippen LogP contribution is -2.35. The topological polar surface area (TPSA) is 46.2 Å². The lowest BCUT2D eigenvalue weighted by atomic mass is 10.1. The third-order valence-corrected chi connectivity index (χ3v) is 3.38. The van der Waals surface area contributed by atoms with Crippen molar-refractivity contribution >= 4 is 9.84 Å². The highest BCUT2D eigenvalue weighted by Crippen LogP contribution is 2.15. The maximum absolute atomic E-state index is 11.6. The molecule has 1 N–H and O–H groups in total. The normalized spacial score (nSPS) is 12.8. The van der Waals surface area contributed by atoms with Gasteiger partial charge in [0.15, 0.2) is 9.84 Å².